The first-order valence-corrected chi connectivity index (χ1v) is 9.19. The van der Waals surface area contributed by atoms with E-state index < -0.39 is 0 Å². The molecule has 0 fully saturated rings. The summed E-state index contributed by atoms with van der Waals surface area (Å²) in [5.41, 5.74) is 2.74. The summed E-state index contributed by atoms with van der Waals surface area (Å²) in [7, 11) is 0. The Morgan fingerprint density at radius 3 is 2.65 bits per heavy atom. The van der Waals surface area contributed by atoms with Crippen LogP contribution in [0.4, 0.5) is 0 Å². The van der Waals surface area contributed by atoms with E-state index in [2.05, 4.69) is 20.2 Å². The van der Waals surface area contributed by atoms with Gasteiger partial charge in [0.2, 0.25) is 0 Å². The van der Waals surface area contributed by atoms with Crippen LogP contribution in [0.1, 0.15) is 29.3 Å². The van der Waals surface area contributed by atoms with Crippen molar-refractivity contribution in [3.63, 3.8) is 0 Å². The molecule has 0 aromatic carbocycles. The minimum absolute atomic E-state index is 0.0770. The highest BCUT2D eigenvalue weighted by Gasteiger charge is 2.14. The minimum atomic E-state index is -0.351. The fourth-order valence-electron chi connectivity index (χ4n) is 2.41. The van der Waals surface area contributed by atoms with E-state index in [0.717, 1.165) is 22.1 Å². The molecule has 0 N–H and O–H groups in total. The molecule has 0 aliphatic heterocycles. The number of carbonyl (C=O) groups is 1. The van der Waals surface area contributed by atoms with Crippen molar-refractivity contribution in [1.82, 2.24) is 20.2 Å². The van der Waals surface area contributed by atoms with Gasteiger partial charge in [0.05, 0.1) is 6.26 Å². The molecule has 3 heterocycles. The molecule has 0 radical (unpaired) electrons. The molecule has 0 aliphatic rings. The third-order valence-electron chi connectivity index (χ3n) is 3.72. The molecule has 0 atom stereocenters. The molecule has 3 aromatic rings. The average Bonchev–Trinajstić information content (AvgIpc) is 3.30. The second kappa shape index (κ2) is 8.13. The highest BCUT2D eigenvalue weighted by atomic mass is 32.2. The van der Waals surface area contributed by atoms with Crippen molar-refractivity contribution < 1.29 is 18.4 Å². The Balaban J connectivity index is 1.52. The number of aromatic nitrogens is 4. The zero-order valence-corrected chi connectivity index (χ0v) is 15.5. The van der Waals surface area contributed by atoms with Gasteiger partial charge in [-0.25, -0.2) is 9.97 Å². The van der Waals surface area contributed by atoms with Gasteiger partial charge in [-0.2, -0.15) is 0 Å². The van der Waals surface area contributed by atoms with E-state index in [1.807, 2.05) is 20.1 Å². The third-order valence-corrected chi connectivity index (χ3v) is 4.27. The van der Waals surface area contributed by atoms with Gasteiger partial charge in [-0.15, -0.1) is 10.2 Å². The van der Waals surface area contributed by atoms with Crippen LogP contribution in [0.3, 0.4) is 0 Å². The molecule has 26 heavy (non-hydrogen) atoms. The van der Waals surface area contributed by atoms with Crippen LogP contribution in [0.15, 0.2) is 32.4 Å². The van der Waals surface area contributed by atoms with Gasteiger partial charge < -0.3 is 13.6 Å². The second-order valence-electron chi connectivity index (χ2n) is 5.50. The fourth-order valence-corrected chi connectivity index (χ4v) is 2.87. The number of ether oxygens (including phenoxy) is 1. The zero-order chi connectivity index (χ0) is 18.5. The normalized spacial score (nSPS) is 10.9. The maximum Gasteiger partial charge on any atom is 0.306 e. The maximum absolute atomic E-state index is 12.0. The molecule has 8 nitrogen and oxygen atoms in total. The number of furan rings is 1. The van der Waals surface area contributed by atoms with E-state index in [9.17, 15) is 4.79 Å². The van der Waals surface area contributed by atoms with Crippen LogP contribution in [0.25, 0.3) is 11.7 Å². The third kappa shape index (κ3) is 4.29. The molecule has 0 aliphatic carbocycles. The number of aryl methyl sites for hydroxylation is 2. The summed E-state index contributed by atoms with van der Waals surface area (Å²) in [4.78, 5) is 20.8. The summed E-state index contributed by atoms with van der Waals surface area (Å²) in [6.45, 7) is 3.76. The summed E-state index contributed by atoms with van der Waals surface area (Å²) in [6, 6.07) is 3.43. The van der Waals surface area contributed by atoms with Crippen molar-refractivity contribution in [1.29, 1.82) is 0 Å². The molecule has 3 aromatic heterocycles. The summed E-state index contributed by atoms with van der Waals surface area (Å²) >= 11 is 1.49. The predicted octanol–water partition coefficient (Wildman–Crippen LogP) is 3.13. The average molecular weight is 374 g/mol. The number of thioether (sulfide) groups is 1. The molecule has 0 unspecified atom stereocenters. The number of esters is 1. The van der Waals surface area contributed by atoms with Gasteiger partial charge in [0.25, 0.3) is 11.8 Å². The highest BCUT2D eigenvalue weighted by Crippen LogP contribution is 2.19. The molecule has 0 saturated carbocycles. The number of nitrogens with zero attached hydrogens (tertiary/aromatic N) is 4. The zero-order valence-electron chi connectivity index (χ0n) is 14.7. The molecule has 0 saturated heterocycles. The van der Waals surface area contributed by atoms with Crippen LogP contribution in [0, 0.1) is 13.8 Å². The first kappa shape index (κ1) is 18.1. The van der Waals surface area contributed by atoms with Crippen LogP contribution in [-0.4, -0.2) is 32.4 Å². The van der Waals surface area contributed by atoms with Gasteiger partial charge in [-0.05, 0) is 44.2 Å². The Morgan fingerprint density at radius 1 is 1.23 bits per heavy atom. The molecular formula is C17H18N4O4S. The van der Waals surface area contributed by atoms with E-state index in [-0.39, 0.29) is 30.8 Å². The van der Waals surface area contributed by atoms with E-state index >= 15 is 0 Å². The van der Waals surface area contributed by atoms with E-state index in [0.29, 0.717) is 12.2 Å². The lowest BCUT2D eigenvalue weighted by molar-refractivity contribution is -0.145. The summed E-state index contributed by atoms with van der Waals surface area (Å²) in [5, 5.41) is 8.41. The first-order chi connectivity index (χ1) is 12.6. The van der Waals surface area contributed by atoms with Gasteiger partial charge in [0.15, 0.2) is 17.5 Å². The van der Waals surface area contributed by atoms with Crippen LogP contribution < -0.4 is 0 Å². The van der Waals surface area contributed by atoms with Crippen LogP contribution in [0.5, 0.6) is 0 Å². The van der Waals surface area contributed by atoms with Crippen LogP contribution in [-0.2, 0) is 22.6 Å². The molecule has 0 spiro atoms. The maximum atomic E-state index is 12.0. The van der Waals surface area contributed by atoms with Crippen molar-refractivity contribution in [2.75, 3.05) is 6.26 Å². The molecule has 136 valence electrons. The smallest absolute Gasteiger partial charge is 0.306 e. The number of carbonyl (C=O) groups excluding carboxylic acids is 1. The van der Waals surface area contributed by atoms with Gasteiger partial charge in [-0.3, -0.25) is 4.79 Å². The molecular weight excluding hydrogens is 356 g/mol. The Morgan fingerprint density at radius 2 is 2.00 bits per heavy atom. The predicted molar refractivity (Wildman–Crippen MR) is 93.4 cm³/mol. The van der Waals surface area contributed by atoms with Crippen molar-refractivity contribution in [3.05, 3.63) is 41.2 Å². The monoisotopic (exact) mass is 374 g/mol. The number of hydrogen-bond acceptors (Lipinski definition) is 9. The summed E-state index contributed by atoms with van der Waals surface area (Å²) in [5.74, 6) is 0.577. The summed E-state index contributed by atoms with van der Waals surface area (Å²) < 4.78 is 15.8. The fraction of sp³-hybridized carbons (Fsp3) is 0.353. The summed E-state index contributed by atoms with van der Waals surface area (Å²) in [6.07, 6.45) is 4.19. The van der Waals surface area contributed by atoms with Crippen molar-refractivity contribution in [3.8, 4) is 11.7 Å². The highest BCUT2D eigenvalue weighted by molar-refractivity contribution is 7.98. The topological polar surface area (TPSA) is 104 Å². The van der Waals surface area contributed by atoms with Gasteiger partial charge >= 0.3 is 5.97 Å². The molecule has 0 amide bonds. The first-order valence-electron chi connectivity index (χ1n) is 7.97. The van der Waals surface area contributed by atoms with E-state index in [1.54, 1.807) is 12.1 Å². The Kier molecular flexibility index (Phi) is 5.67. The quantitative estimate of drug-likeness (QED) is 0.350. The SMILES string of the molecule is CSc1nc(C)c(CCC(=O)OCc2nnc(-c3ccco3)o2)c(C)n1. The molecule has 9 heteroatoms. The van der Waals surface area contributed by atoms with E-state index in [1.165, 1.54) is 18.0 Å². The molecule has 3 rings (SSSR count). The van der Waals surface area contributed by atoms with Crippen LogP contribution in [0.2, 0.25) is 0 Å². The lowest BCUT2D eigenvalue weighted by Gasteiger charge is -2.09. The van der Waals surface area contributed by atoms with Gasteiger partial charge in [0, 0.05) is 17.8 Å². The van der Waals surface area contributed by atoms with Crippen LogP contribution >= 0.6 is 11.8 Å². The number of hydrogen-bond donors (Lipinski definition) is 0. The largest absolute Gasteiger partial charge is 0.459 e. The Bertz CT molecular complexity index is 869. The van der Waals surface area contributed by atoms with Gasteiger partial charge in [-0.1, -0.05) is 11.8 Å². The Labute approximate surface area is 154 Å². The second-order valence-corrected chi connectivity index (χ2v) is 6.27. The lowest BCUT2D eigenvalue weighted by atomic mass is 10.1. The van der Waals surface area contributed by atoms with Crippen molar-refractivity contribution in [2.24, 2.45) is 0 Å². The molecule has 0 bridgehead atoms. The standard InChI is InChI=1S/C17H18N4O4S/c1-10-12(11(2)19-17(18-10)26-3)6-7-15(22)24-9-14-20-21-16(25-14)13-5-4-8-23-13/h4-5,8H,6-7,9H2,1-3H3. The van der Waals surface area contributed by atoms with Crippen molar-refractivity contribution >= 4 is 17.7 Å². The minimum Gasteiger partial charge on any atom is -0.459 e. The lowest BCUT2D eigenvalue weighted by Crippen LogP contribution is -2.09. The number of rotatable bonds is 7. The van der Waals surface area contributed by atoms with Gasteiger partial charge in [0.1, 0.15) is 0 Å². The van der Waals surface area contributed by atoms with E-state index in [4.69, 9.17) is 13.6 Å². The van der Waals surface area contributed by atoms with Crippen molar-refractivity contribution in [2.45, 2.75) is 38.5 Å². The Hall–Kier alpha value is -2.68.